The third-order valence-electron chi connectivity index (χ3n) is 5.54. The number of benzene rings is 2. The van der Waals surface area contributed by atoms with E-state index in [4.69, 9.17) is 9.47 Å². The van der Waals surface area contributed by atoms with E-state index in [9.17, 15) is 14.4 Å². The summed E-state index contributed by atoms with van der Waals surface area (Å²) in [5.74, 6) is -0.383. The predicted octanol–water partition coefficient (Wildman–Crippen LogP) is 4.44. The summed E-state index contributed by atoms with van der Waals surface area (Å²) in [4.78, 5) is 41.4. The monoisotopic (exact) mass is 496 g/mol. The quantitative estimate of drug-likeness (QED) is 0.595. The highest BCUT2D eigenvalue weighted by Crippen LogP contribution is 2.18. The number of nitrogens with zero attached hydrogens (tertiary/aromatic N) is 3. The fraction of sp³-hybridized carbons (Fsp3) is 0.444. The Bertz CT molecular complexity index is 1010. The van der Waals surface area contributed by atoms with Crippen LogP contribution in [0.5, 0.6) is 0 Å². The van der Waals surface area contributed by atoms with Crippen molar-refractivity contribution in [3.63, 3.8) is 0 Å². The lowest BCUT2D eigenvalue weighted by Gasteiger charge is -2.35. The van der Waals surface area contributed by atoms with Gasteiger partial charge in [-0.15, -0.1) is 0 Å². The third-order valence-corrected chi connectivity index (χ3v) is 5.54. The van der Waals surface area contributed by atoms with Crippen molar-refractivity contribution in [2.75, 3.05) is 37.6 Å². The largest absolute Gasteiger partial charge is 0.445 e. The Kier molecular flexibility index (Phi) is 9.16. The summed E-state index contributed by atoms with van der Waals surface area (Å²) in [6, 6.07) is 16.8. The Hall–Kier alpha value is -3.75. The summed E-state index contributed by atoms with van der Waals surface area (Å²) in [6.07, 6.45) is -0.230. The van der Waals surface area contributed by atoms with Gasteiger partial charge in [0.15, 0.2) is 0 Å². The fourth-order valence-electron chi connectivity index (χ4n) is 3.70. The van der Waals surface area contributed by atoms with Gasteiger partial charge in [0.25, 0.3) is 5.91 Å². The number of anilines is 1. The van der Waals surface area contributed by atoms with E-state index < -0.39 is 11.7 Å². The van der Waals surface area contributed by atoms with Crippen LogP contribution in [-0.4, -0.2) is 66.3 Å². The highest BCUT2D eigenvalue weighted by Gasteiger charge is 2.25. The molecule has 2 aromatic rings. The summed E-state index contributed by atoms with van der Waals surface area (Å²) >= 11 is 0. The molecule has 1 heterocycles. The molecule has 9 heteroatoms. The number of nitrogens with one attached hydrogen (secondary N) is 1. The number of carbonyl (C=O) groups is 3. The second-order valence-corrected chi connectivity index (χ2v) is 9.63. The zero-order chi connectivity index (χ0) is 26.1. The van der Waals surface area contributed by atoms with Crippen molar-refractivity contribution in [1.82, 2.24) is 15.3 Å². The van der Waals surface area contributed by atoms with Crippen LogP contribution in [0, 0.1) is 0 Å². The summed E-state index contributed by atoms with van der Waals surface area (Å²) < 4.78 is 10.8. The molecule has 3 amide bonds. The predicted molar refractivity (Wildman–Crippen MR) is 138 cm³/mol. The highest BCUT2D eigenvalue weighted by molar-refractivity contribution is 5.95. The van der Waals surface area contributed by atoms with Gasteiger partial charge in [0.2, 0.25) is 0 Å². The van der Waals surface area contributed by atoms with Gasteiger partial charge in [0, 0.05) is 44.0 Å². The minimum atomic E-state index is -0.655. The summed E-state index contributed by atoms with van der Waals surface area (Å²) in [6.45, 7) is 10.3. The minimum absolute atomic E-state index is 0.257. The van der Waals surface area contributed by atoms with Gasteiger partial charge in [-0.3, -0.25) is 10.2 Å². The van der Waals surface area contributed by atoms with E-state index in [-0.39, 0.29) is 18.6 Å². The first-order valence-electron chi connectivity index (χ1n) is 12.3. The number of hydrazine groups is 1. The Morgan fingerprint density at radius 1 is 0.944 bits per heavy atom. The zero-order valence-corrected chi connectivity index (χ0v) is 21.5. The summed E-state index contributed by atoms with van der Waals surface area (Å²) in [5, 5.41) is 1.21. The molecule has 0 unspecified atom stereocenters. The molecule has 1 aliphatic rings. The van der Waals surface area contributed by atoms with Crippen LogP contribution in [0.4, 0.5) is 15.3 Å². The summed E-state index contributed by atoms with van der Waals surface area (Å²) in [5.41, 5.74) is 4.34. The first kappa shape index (κ1) is 26.8. The minimum Gasteiger partial charge on any atom is -0.445 e. The first-order valence-corrected chi connectivity index (χ1v) is 12.3. The lowest BCUT2D eigenvalue weighted by Crippen LogP contribution is -2.49. The van der Waals surface area contributed by atoms with Crippen molar-refractivity contribution >= 4 is 23.8 Å². The normalized spacial score (nSPS) is 13.7. The molecule has 0 aromatic heterocycles. The molecule has 1 fully saturated rings. The van der Waals surface area contributed by atoms with Gasteiger partial charge in [-0.1, -0.05) is 37.3 Å². The molecular formula is C27H36N4O5. The molecule has 1 saturated heterocycles. The van der Waals surface area contributed by atoms with E-state index in [2.05, 4.69) is 10.3 Å². The average Bonchev–Trinajstić information content (AvgIpc) is 2.87. The van der Waals surface area contributed by atoms with Crippen LogP contribution in [0.25, 0.3) is 0 Å². The van der Waals surface area contributed by atoms with Crippen molar-refractivity contribution in [3.05, 3.63) is 65.7 Å². The fourth-order valence-corrected chi connectivity index (χ4v) is 3.70. The van der Waals surface area contributed by atoms with E-state index >= 15 is 0 Å². The zero-order valence-electron chi connectivity index (χ0n) is 21.5. The van der Waals surface area contributed by atoms with Gasteiger partial charge >= 0.3 is 12.2 Å². The maximum Gasteiger partial charge on any atom is 0.429 e. The molecule has 0 spiro atoms. The lowest BCUT2D eigenvalue weighted by atomic mass is 10.1. The van der Waals surface area contributed by atoms with E-state index in [1.54, 1.807) is 37.8 Å². The molecular weight excluding hydrogens is 460 g/mol. The van der Waals surface area contributed by atoms with Crippen molar-refractivity contribution in [1.29, 1.82) is 0 Å². The topological polar surface area (TPSA) is 91.4 Å². The second-order valence-electron chi connectivity index (χ2n) is 9.63. The number of rotatable bonds is 6. The molecule has 2 aromatic carbocycles. The van der Waals surface area contributed by atoms with Gasteiger partial charge in [-0.25, -0.2) is 14.6 Å². The van der Waals surface area contributed by atoms with Crippen LogP contribution in [0.3, 0.4) is 0 Å². The standard InChI is InChI=1S/C27H36N4O5/c1-5-15-31(26(34)36-27(2,3)4)28-24(32)22-11-13-23(14-12-22)29-16-18-30(19-17-29)25(33)35-20-21-9-7-6-8-10-21/h6-14H,5,15-20H2,1-4H3,(H,28,32). The van der Waals surface area contributed by atoms with E-state index in [1.165, 1.54) is 5.01 Å². The molecule has 1 N–H and O–H groups in total. The Morgan fingerprint density at radius 3 is 2.17 bits per heavy atom. The third kappa shape index (κ3) is 7.90. The molecule has 1 aliphatic heterocycles. The van der Waals surface area contributed by atoms with Crippen LogP contribution in [0.15, 0.2) is 54.6 Å². The molecule has 194 valence electrons. The van der Waals surface area contributed by atoms with Crippen LogP contribution >= 0.6 is 0 Å². The Labute approximate surface area is 212 Å². The molecule has 0 aliphatic carbocycles. The first-order chi connectivity index (χ1) is 17.2. The van der Waals surface area contributed by atoms with Gasteiger partial charge in [-0.05, 0) is 57.0 Å². The second kappa shape index (κ2) is 12.3. The Balaban J connectivity index is 1.50. The molecule has 36 heavy (non-hydrogen) atoms. The van der Waals surface area contributed by atoms with Crippen LogP contribution in [0.2, 0.25) is 0 Å². The Morgan fingerprint density at radius 2 is 1.58 bits per heavy atom. The van der Waals surface area contributed by atoms with Gasteiger partial charge < -0.3 is 19.3 Å². The number of hydrogen-bond acceptors (Lipinski definition) is 6. The molecule has 9 nitrogen and oxygen atoms in total. The average molecular weight is 497 g/mol. The van der Waals surface area contributed by atoms with E-state index in [1.807, 2.05) is 49.4 Å². The van der Waals surface area contributed by atoms with Gasteiger partial charge in [0.05, 0.1) is 0 Å². The van der Waals surface area contributed by atoms with Gasteiger partial charge in [-0.2, -0.15) is 0 Å². The summed E-state index contributed by atoms with van der Waals surface area (Å²) in [7, 11) is 0. The van der Waals surface area contributed by atoms with Crippen LogP contribution in [0.1, 0.15) is 50.0 Å². The molecule has 0 saturated carbocycles. The SMILES string of the molecule is CCCN(NC(=O)c1ccc(N2CCN(C(=O)OCc3ccccc3)CC2)cc1)C(=O)OC(C)(C)C. The lowest BCUT2D eigenvalue weighted by molar-refractivity contribution is 0.0133. The van der Waals surface area contributed by atoms with E-state index in [0.717, 1.165) is 11.3 Å². The number of carbonyl (C=O) groups excluding carboxylic acids is 3. The highest BCUT2D eigenvalue weighted by atomic mass is 16.6. The molecule has 0 atom stereocenters. The van der Waals surface area contributed by atoms with Crippen molar-refractivity contribution < 1.29 is 23.9 Å². The number of ether oxygens (including phenoxy) is 2. The number of piperazine rings is 1. The van der Waals surface area contributed by atoms with Crippen molar-refractivity contribution in [2.45, 2.75) is 46.3 Å². The number of amides is 3. The van der Waals surface area contributed by atoms with Crippen molar-refractivity contribution in [2.24, 2.45) is 0 Å². The van der Waals surface area contributed by atoms with Gasteiger partial charge in [0.1, 0.15) is 12.2 Å². The van der Waals surface area contributed by atoms with Crippen LogP contribution in [-0.2, 0) is 16.1 Å². The van der Waals surface area contributed by atoms with E-state index in [0.29, 0.717) is 44.7 Å². The molecule has 0 bridgehead atoms. The maximum absolute atomic E-state index is 12.7. The number of hydrogen-bond donors (Lipinski definition) is 1. The van der Waals surface area contributed by atoms with Crippen molar-refractivity contribution in [3.8, 4) is 0 Å². The maximum atomic E-state index is 12.7. The smallest absolute Gasteiger partial charge is 0.429 e. The van der Waals surface area contributed by atoms with Crippen LogP contribution < -0.4 is 10.3 Å². The molecule has 0 radical (unpaired) electrons. The molecule has 3 rings (SSSR count).